The minimum Gasteiger partial charge on any atom is -0.311 e. The molecule has 21 heavy (non-hydrogen) atoms. The second-order valence-electron chi connectivity index (χ2n) is 5.18. The lowest BCUT2D eigenvalue weighted by Crippen LogP contribution is -2.21. The fraction of sp³-hybridized carbons (Fsp3) is 0.500. The van der Waals surface area contributed by atoms with Crippen LogP contribution < -0.4 is 5.32 Å². The number of aryl methyl sites for hydroxylation is 3. The van der Waals surface area contributed by atoms with Crippen LogP contribution in [0.25, 0.3) is 0 Å². The average molecular weight is 307 g/mol. The maximum Gasteiger partial charge on any atom is 0.0850 e. The molecule has 5 heteroatoms. The Morgan fingerprint density at radius 1 is 1.38 bits per heavy atom. The molecule has 4 nitrogen and oxygen atoms in total. The summed E-state index contributed by atoms with van der Waals surface area (Å²) in [4.78, 5) is 4.48. The number of hydrogen-bond acceptors (Lipinski definition) is 3. The molecule has 2 aromatic heterocycles. The van der Waals surface area contributed by atoms with E-state index in [0.717, 1.165) is 41.5 Å². The van der Waals surface area contributed by atoms with Gasteiger partial charge in [-0.05, 0) is 45.0 Å². The van der Waals surface area contributed by atoms with E-state index in [1.165, 1.54) is 5.56 Å². The van der Waals surface area contributed by atoms with E-state index < -0.39 is 0 Å². The zero-order valence-corrected chi connectivity index (χ0v) is 13.9. The van der Waals surface area contributed by atoms with Crippen LogP contribution in [0.4, 0.5) is 0 Å². The molecular formula is C16H23ClN4. The minimum absolute atomic E-state index is 0.133. The third-order valence-corrected chi connectivity index (χ3v) is 4.17. The third-order valence-electron chi connectivity index (χ3n) is 3.73. The molecule has 0 aliphatic rings. The van der Waals surface area contributed by atoms with Crippen molar-refractivity contribution in [1.29, 1.82) is 0 Å². The fourth-order valence-corrected chi connectivity index (χ4v) is 2.86. The molecule has 0 aliphatic heterocycles. The second-order valence-corrected chi connectivity index (χ2v) is 5.56. The van der Waals surface area contributed by atoms with E-state index in [1.54, 1.807) is 0 Å². The monoisotopic (exact) mass is 306 g/mol. The van der Waals surface area contributed by atoms with E-state index in [0.29, 0.717) is 0 Å². The Morgan fingerprint density at radius 2 is 2.14 bits per heavy atom. The molecule has 1 N–H and O–H groups in total. The molecule has 0 aliphatic carbocycles. The van der Waals surface area contributed by atoms with E-state index >= 15 is 0 Å². The molecule has 0 amide bonds. The summed E-state index contributed by atoms with van der Waals surface area (Å²) in [6, 6.07) is 4.26. The molecule has 114 valence electrons. The van der Waals surface area contributed by atoms with Crippen LogP contribution in [-0.2, 0) is 19.4 Å². The first-order chi connectivity index (χ1) is 10.1. The molecule has 0 spiro atoms. The highest BCUT2D eigenvalue weighted by atomic mass is 35.5. The Kier molecular flexibility index (Phi) is 5.37. The van der Waals surface area contributed by atoms with Gasteiger partial charge in [-0.1, -0.05) is 18.5 Å². The minimum atomic E-state index is 0.133. The van der Waals surface area contributed by atoms with E-state index in [4.69, 9.17) is 11.6 Å². The molecule has 0 saturated heterocycles. The quantitative estimate of drug-likeness (QED) is 0.890. The Balaban J connectivity index is 2.32. The van der Waals surface area contributed by atoms with Gasteiger partial charge in [-0.25, -0.2) is 0 Å². The average Bonchev–Trinajstić information content (AvgIpc) is 2.80. The lowest BCUT2D eigenvalue weighted by Gasteiger charge is -2.17. The molecule has 0 saturated carbocycles. The highest BCUT2D eigenvalue weighted by molar-refractivity contribution is 6.31. The van der Waals surface area contributed by atoms with Crippen molar-refractivity contribution < 1.29 is 0 Å². The topological polar surface area (TPSA) is 42.7 Å². The van der Waals surface area contributed by atoms with Crippen molar-refractivity contribution >= 4 is 11.6 Å². The van der Waals surface area contributed by atoms with Crippen molar-refractivity contribution in [1.82, 2.24) is 20.1 Å². The highest BCUT2D eigenvalue weighted by Gasteiger charge is 2.20. The summed E-state index contributed by atoms with van der Waals surface area (Å²) in [5, 5.41) is 8.72. The van der Waals surface area contributed by atoms with Crippen molar-refractivity contribution in [3.63, 3.8) is 0 Å². The number of rotatable bonds is 6. The smallest absolute Gasteiger partial charge is 0.0850 e. The van der Waals surface area contributed by atoms with Crippen LogP contribution >= 0.6 is 11.6 Å². The normalized spacial score (nSPS) is 12.6. The third kappa shape index (κ3) is 3.44. The van der Waals surface area contributed by atoms with Gasteiger partial charge in [0.1, 0.15) is 0 Å². The van der Waals surface area contributed by atoms with Crippen LogP contribution in [0.5, 0.6) is 0 Å². The van der Waals surface area contributed by atoms with Crippen molar-refractivity contribution in [2.24, 2.45) is 0 Å². The number of aromatic nitrogens is 3. The predicted molar refractivity (Wildman–Crippen MR) is 86.8 cm³/mol. The molecule has 1 unspecified atom stereocenters. The van der Waals surface area contributed by atoms with Crippen LogP contribution in [0.1, 0.15) is 42.5 Å². The Bertz CT molecular complexity index is 606. The zero-order valence-electron chi connectivity index (χ0n) is 13.2. The molecule has 2 aromatic rings. The van der Waals surface area contributed by atoms with Crippen molar-refractivity contribution in [3.05, 3.63) is 46.0 Å². The summed E-state index contributed by atoms with van der Waals surface area (Å²) < 4.78 is 2.00. The van der Waals surface area contributed by atoms with Gasteiger partial charge in [-0.2, -0.15) is 5.10 Å². The van der Waals surface area contributed by atoms with Gasteiger partial charge >= 0.3 is 0 Å². The Hall–Kier alpha value is -1.39. The Labute approximate surface area is 131 Å². The molecule has 2 heterocycles. The van der Waals surface area contributed by atoms with Crippen molar-refractivity contribution in [2.45, 2.75) is 46.2 Å². The van der Waals surface area contributed by atoms with E-state index in [-0.39, 0.29) is 6.04 Å². The molecule has 0 radical (unpaired) electrons. The summed E-state index contributed by atoms with van der Waals surface area (Å²) >= 11 is 6.50. The summed E-state index contributed by atoms with van der Waals surface area (Å²) in [7, 11) is 1.95. The van der Waals surface area contributed by atoms with Crippen LogP contribution in [0.3, 0.4) is 0 Å². The van der Waals surface area contributed by atoms with Crippen LogP contribution in [0.2, 0.25) is 5.02 Å². The number of likely N-dealkylation sites (N-methyl/N-ethyl adjacent to an activating group) is 1. The molecule has 0 fully saturated rings. The van der Waals surface area contributed by atoms with Gasteiger partial charge in [-0.3, -0.25) is 9.67 Å². The number of pyridine rings is 1. The van der Waals surface area contributed by atoms with E-state index in [2.05, 4.69) is 42.2 Å². The number of hydrogen-bond donors (Lipinski definition) is 1. The number of nitrogens with zero attached hydrogens (tertiary/aromatic N) is 3. The van der Waals surface area contributed by atoms with Crippen molar-refractivity contribution in [2.75, 3.05) is 7.05 Å². The molecule has 2 rings (SSSR count). The van der Waals surface area contributed by atoms with Gasteiger partial charge < -0.3 is 5.32 Å². The van der Waals surface area contributed by atoms with Crippen LogP contribution in [0.15, 0.2) is 18.3 Å². The maximum absolute atomic E-state index is 6.50. The van der Waals surface area contributed by atoms with Gasteiger partial charge in [0, 0.05) is 19.2 Å². The lowest BCUT2D eigenvalue weighted by molar-refractivity contribution is 0.531. The summed E-state index contributed by atoms with van der Waals surface area (Å²) in [5.74, 6) is 0. The summed E-state index contributed by atoms with van der Waals surface area (Å²) in [5.41, 5.74) is 4.30. The first-order valence-corrected chi connectivity index (χ1v) is 7.82. The van der Waals surface area contributed by atoms with Gasteiger partial charge in [0.25, 0.3) is 0 Å². The SMILES string of the molecule is CCc1nn(CC)c(CC(NC)c2cc(C)ccn2)c1Cl. The van der Waals surface area contributed by atoms with E-state index in [1.807, 2.05) is 24.0 Å². The van der Waals surface area contributed by atoms with Crippen LogP contribution in [0, 0.1) is 6.92 Å². The summed E-state index contributed by atoms with van der Waals surface area (Å²) in [6.07, 6.45) is 3.49. The fourth-order valence-electron chi connectivity index (χ4n) is 2.51. The van der Waals surface area contributed by atoms with Crippen LogP contribution in [-0.4, -0.2) is 21.8 Å². The first-order valence-electron chi connectivity index (χ1n) is 7.44. The van der Waals surface area contributed by atoms with Gasteiger partial charge in [0.2, 0.25) is 0 Å². The molecular weight excluding hydrogens is 284 g/mol. The predicted octanol–water partition coefficient (Wildman–Crippen LogP) is 3.33. The maximum atomic E-state index is 6.50. The first kappa shape index (κ1) is 16.0. The van der Waals surface area contributed by atoms with Gasteiger partial charge in [-0.15, -0.1) is 0 Å². The summed E-state index contributed by atoms with van der Waals surface area (Å²) in [6.45, 7) is 7.07. The molecule has 0 bridgehead atoms. The largest absolute Gasteiger partial charge is 0.311 e. The molecule has 1 atom stereocenters. The van der Waals surface area contributed by atoms with Gasteiger partial charge in [0.05, 0.1) is 28.1 Å². The lowest BCUT2D eigenvalue weighted by atomic mass is 10.1. The molecule has 0 aromatic carbocycles. The van der Waals surface area contributed by atoms with Gasteiger partial charge in [0.15, 0.2) is 0 Å². The highest BCUT2D eigenvalue weighted by Crippen LogP contribution is 2.26. The van der Waals surface area contributed by atoms with E-state index in [9.17, 15) is 0 Å². The van der Waals surface area contributed by atoms with Crippen molar-refractivity contribution in [3.8, 4) is 0 Å². The number of nitrogens with one attached hydrogen (secondary N) is 1. The standard InChI is InChI=1S/C16H23ClN4/c1-5-12-16(17)15(21(6-2)20-12)10-13(18-4)14-9-11(3)7-8-19-14/h7-9,13,18H,5-6,10H2,1-4H3. The zero-order chi connectivity index (χ0) is 15.4. The second kappa shape index (κ2) is 7.05. The number of halogens is 1. The Morgan fingerprint density at radius 3 is 2.71 bits per heavy atom.